The molecule has 22 heavy (non-hydrogen) atoms. The summed E-state index contributed by atoms with van der Waals surface area (Å²) < 4.78 is 5.69. The Bertz CT molecular complexity index is 663. The Kier molecular flexibility index (Phi) is 4.15. The Morgan fingerprint density at radius 2 is 2.27 bits per heavy atom. The molecule has 0 saturated carbocycles. The van der Waals surface area contributed by atoms with Gasteiger partial charge in [-0.15, -0.1) is 0 Å². The summed E-state index contributed by atoms with van der Waals surface area (Å²) in [4.78, 5) is 15.7. The van der Waals surface area contributed by atoms with Crippen molar-refractivity contribution in [2.75, 3.05) is 6.61 Å². The van der Waals surface area contributed by atoms with Crippen LogP contribution in [0, 0.1) is 6.92 Å². The maximum absolute atomic E-state index is 12.4. The van der Waals surface area contributed by atoms with Crippen LogP contribution in [-0.4, -0.2) is 23.1 Å². The van der Waals surface area contributed by atoms with Gasteiger partial charge in [0.2, 0.25) is 0 Å². The quantitative estimate of drug-likeness (QED) is 0.902. The van der Waals surface area contributed by atoms with Gasteiger partial charge in [0, 0.05) is 28.2 Å². The molecule has 0 spiro atoms. The standard InChI is InChI=1S/C17H21ClN2O2/c1-3-17(5-4-6-22-17)16(21)19-10-13-8-12-9-14(18)11(2)7-15(12)20-13/h7-9,20H,3-6,10H2,1-2H3,(H,19,21). The van der Waals surface area contributed by atoms with Gasteiger partial charge in [-0.1, -0.05) is 18.5 Å². The van der Waals surface area contributed by atoms with Crippen molar-refractivity contribution < 1.29 is 9.53 Å². The highest BCUT2D eigenvalue weighted by atomic mass is 35.5. The third-order valence-electron chi connectivity index (χ3n) is 4.48. The van der Waals surface area contributed by atoms with Crippen LogP contribution in [0.2, 0.25) is 5.02 Å². The molecule has 2 N–H and O–H groups in total. The predicted octanol–water partition coefficient (Wildman–Crippen LogP) is 3.71. The third kappa shape index (κ3) is 2.73. The van der Waals surface area contributed by atoms with Crippen LogP contribution >= 0.6 is 11.6 Å². The largest absolute Gasteiger partial charge is 0.365 e. The number of H-pyrrole nitrogens is 1. The first-order valence-electron chi connectivity index (χ1n) is 7.74. The van der Waals surface area contributed by atoms with Gasteiger partial charge in [-0.05, 0) is 49.9 Å². The van der Waals surface area contributed by atoms with Gasteiger partial charge < -0.3 is 15.0 Å². The van der Waals surface area contributed by atoms with Crippen LogP contribution in [-0.2, 0) is 16.1 Å². The zero-order chi connectivity index (χ0) is 15.7. The Labute approximate surface area is 135 Å². The molecule has 4 nitrogen and oxygen atoms in total. The topological polar surface area (TPSA) is 54.1 Å². The highest BCUT2D eigenvalue weighted by Crippen LogP contribution is 2.29. The minimum Gasteiger partial charge on any atom is -0.365 e. The molecule has 2 aromatic rings. The Morgan fingerprint density at radius 1 is 1.45 bits per heavy atom. The van der Waals surface area contributed by atoms with E-state index in [1.165, 1.54) is 0 Å². The smallest absolute Gasteiger partial charge is 0.252 e. The molecule has 1 aromatic carbocycles. The number of hydrogen-bond donors (Lipinski definition) is 2. The maximum Gasteiger partial charge on any atom is 0.252 e. The first-order valence-corrected chi connectivity index (χ1v) is 8.12. The average Bonchev–Trinajstić information content (AvgIpc) is 3.12. The Morgan fingerprint density at radius 3 is 2.95 bits per heavy atom. The molecule has 1 unspecified atom stereocenters. The SMILES string of the molecule is CCC1(C(=O)NCc2cc3cc(Cl)c(C)cc3[nH]2)CCCO1. The second-order valence-corrected chi connectivity index (χ2v) is 6.37. The van der Waals surface area contributed by atoms with E-state index < -0.39 is 5.60 Å². The predicted molar refractivity (Wildman–Crippen MR) is 88.1 cm³/mol. The minimum absolute atomic E-state index is 0.0135. The minimum atomic E-state index is -0.633. The maximum atomic E-state index is 12.4. The summed E-state index contributed by atoms with van der Waals surface area (Å²) in [6.07, 6.45) is 2.46. The lowest BCUT2D eigenvalue weighted by molar-refractivity contribution is -0.142. The van der Waals surface area contributed by atoms with Crippen LogP contribution < -0.4 is 5.32 Å². The third-order valence-corrected chi connectivity index (χ3v) is 4.89. The second-order valence-electron chi connectivity index (χ2n) is 5.97. The van der Waals surface area contributed by atoms with Crippen LogP contribution in [0.15, 0.2) is 18.2 Å². The van der Waals surface area contributed by atoms with Crippen LogP contribution in [0.25, 0.3) is 10.9 Å². The number of halogens is 1. The normalized spacial score (nSPS) is 21.4. The van der Waals surface area contributed by atoms with Gasteiger partial charge in [-0.3, -0.25) is 4.79 Å². The highest BCUT2D eigenvalue weighted by molar-refractivity contribution is 6.32. The summed E-state index contributed by atoms with van der Waals surface area (Å²) in [6.45, 7) is 5.12. The first kappa shape index (κ1) is 15.4. The molecule has 1 aliphatic heterocycles. The monoisotopic (exact) mass is 320 g/mol. The molecule has 1 fully saturated rings. The second kappa shape index (κ2) is 5.94. The van der Waals surface area contributed by atoms with Gasteiger partial charge in [0.25, 0.3) is 5.91 Å². The van der Waals surface area contributed by atoms with Crippen molar-refractivity contribution in [3.8, 4) is 0 Å². The van der Waals surface area contributed by atoms with Gasteiger partial charge in [0.1, 0.15) is 5.60 Å². The number of fused-ring (bicyclic) bond motifs is 1. The van der Waals surface area contributed by atoms with Crippen molar-refractivity contribution in [2.24, 2.45) is 0 Å². The lowest BCUT2D eigenvalue weighted by Crippen LogP contribution is -2.45. The molecule has 0 radical (unpaired) electrons. The Hall–Kier alpha value is -1.52. The summed E-state index contributed by atoms with van der Waals surface area (Å²) in [6, 6.07) is 5.99. The van der Waals surface area contributed by atoms with Gasteiger partial charge >= 0.3 is 0 Å². The van der Waals surface area contributed by atoms with E-state index in [1.807, 2.05) is 32.0 Å². The van der Waals surface area contributed by atoms with Crippen molar-refractivity contribution in [2.45, 2.75) is 45.3 Å². The molecule has 1 atom stereocenters. The van der Waals surface area contributed by atoms with E-state index >= 15 is 0 Å². The number of aromatic nitrogens is 1. The number of amides is 1. The zero-order valence-corrected chi connectivity index (χ0v) is 13.7. The van der Waals surface area contributed by atoms with Crippen LogP contribution in [0.5, 0.6) is 0 Å². The molecule has 1 aromatic heterocycles. The fraction of sp³-hybridized carbons (Fsp3) is 0.471. The summed E-state index contributed by atoms with van der Waals surface area (Å²) in [5.41, 5.74) is 2.41. The summed E-state index contributed by atoms with van der Waals surface area (Å²) in [7, 11) is 0. The van der Waals surface area contributed by atoms with E-state index in [1.54, 1.807) is 0 Å². The number of carbonyl (C=O) groups excluding carboxylic acids is 1. The molecule has 3 rings (SSSR count). The van der Waals surface area contributed by atoms with Crippen molar-refractivity contribution in [3.05, 3.63) is 34.5 Å². The number of aryl methyl sites for hydroxylation is 1. The average molecular weight is 321 g/mol. The number of carbonyl (C=O) groups is 1. The van der Waals surface area contributed by atoms with E-state index in [0.29, 0.717) is 19.6 Å². The van der Waals surface area contributed by atoms with Crippen molar-refractivity contribution in [3.63, 3.8) is 0 Å². The summed E-state index contributed by atoms with van der Waals surface area (Å²) >= 11 is 6.15. The van der Waals surface area contributed by atoms with E-state index in [9.17, 15) is 4.79 Å². The van der Waals surface area contributed by atoms with Crippen LogP contribution in [0.1, 0.15) is 37.4 Å². The highest BCUT2D eigenvalue weighted by Gasteiger charge is 2.40. The van der Waals surface area contributed by atoms with E-state index in [4.69, 9.17) is 16.3 Å². The van der Waals surface area contributed by atoms with E-state index in [0.717, 1.165) is 40.0 Å². The fourth-order valence-corrected chi connectivity index (χ4v) is 3.24. The molecular weight excluding hydrogens is 300 g/mol. The molecule has 1 saturated heterocycles. The number of benzene rings is 1. The van der Waals surface area contributed by atoms with E-state index in [2.05, 4.69) is 10.3 Å². The van der Waals surface area contributed by atoms with Crippen molar-refractivity contribution in [1.29, 1.82) is 0 Å². The number of aromatic amines is 1. The Balaban J connectivity index is 1.72. The van der Waals surface area contributed by atoms with Gasteiger partial charge in [0.05, 0.1) is 6.54 Å². The van der Waals surface area contributed by atoms with Crippen molar-refractivity contribution >= 4 is 28.4 Å². The first-order chi connectivity index (χ1) is 10.5. The molecule has 0 bridgehead atoms. The van der Waals surface area contributed by atoms with Gasteiger partial charge in [-0.2, -0.15) is 0 Å². The summed E-state index contributed by atoms with van der Waals surface area (Å²) in [5, 5.41) is 4.81. The molecule has 1 amide bonds. The molecule has 118 valence electrons. The zero-order valence-electron chi connectivity index (χ0n) is 13.0. The number of hydrogen-bond acceptors (Lipinski definition) is 2. The number of ether oxygens (including phenoxy) is 1. The molecule has 2 heterocycles. The number of rotatable bonds is 4. The van der Waals surface area contributed by atoms with Crippen LogP contribution in [0.3, 0.4) is 0 Å². The van der Waals surface area contributed by atoms with Gasteiger partial charge in [-0.25, -0.2) is 0 Å². The van der Waals surface area contributed by atoms with Crippen molar-refractivity contribution in [1.82, 2.24) is 10.3 Å². The fourth-order valence-electron chi connectivity index (χ4n) is 3.07. The van der Waals surface area contributed by atoms with Crippen LogP contribution in [0.4, 0.5) is 0 Å². The molecule has 5 heteroatoms. The van der Waals surface area contributed by atoms with Gasteiger partial charge in [0.15, 0.2) is 0 Å². The lowest BCUT2D eigenvalue weighted by Gasteiger charge is -2.25. The van der Waals surface area contributed by atoms with E-state index in [-0.39, 0.29) is 5.91 Å². The molecule has 0 aliphatic carbocycles. The molecule has 1 aliphatic rings. The summed E-state index contributed by atoms with van der Waals surface area (Å²) in [5.74, 6) is -0.0135. The lowest BCUT2D eigenvalue weighted by atomic mass is 9.96. The number of nitrogens with one attached hydrogen (secondary N) is 2. The molecular formula is C17H21ClN2O2.